The summed E-state index contributed by atoms with van der Waals surface area (Å²) in [5, 5.41) is 11.5. The molecule has 6 heteroatoms. The lowest BCUT2D eigenvalue weighted by Gasteiger charge is -2.26. The van der Waals surface area contributed by atoms with Crippen molar-refractivity contribution in [3.8, 4) is 0 Å². The maximum atomic E-state index is 11.8. The Hall–Kier alpha value is -1.14. The van der Waals surface area contributed by atoms with E-state index in [4.69, 9.17) is 15.6 Å². The van der Waals surface area contributed by atoms with Gasteiger partial charge in [-0.05, 0) is 18.3 Å². The normalized spacial score (nSPS) is 25.8. The van der Waals surface area contributed by atoms with Gasteiger partial charge >= 0.3 is 5.97 Å². The summed E-state index contributed by atoms with van der Waals surface area (Å²) in [5.74, 6) is -1.18. The fourth-order valence-electron chi connectivity index (χ4n) is 1.76. The highest BCUT2D eigenvalue weighted by molar-refractivity contribution is 5.82. The predicted molar refractivity (Wildman–Crippen MR) is 66.0 cm³/mol. The summed E-state index contributed by atoms with van der Waals surface area (Å²) in [7, 11) is 0. The Balaban J connectivity index is 2.34. The van der Waals surface area contributed by atoms with Crippen molar-refractivity contribution in [3.63, 3.8) is 0 Å². The standard InChI is InChI=1S/C12H22N2O4/c1-12(2,3)9(13)10(15)14-6-7-4-5-8(18-7)11(16)17/h7-9H,4-6,13H2,1-3H3,(H,14,15)(H,16,17). The number of carboxylic acids is 1. The predicted octanol–water partition coefficient (Wildman–Crippen LogP) is 0.108. The first-order chi connectivity index (χ1) is 8.21. The van der Waals surface area contributed by atoms with Crippen molar-refractivity contribution in [1.82, 2.24) is 5.32 Å². The second kappa shape index (κ2) is 5.67. The fraction of sp³-hybridized carbons (Fsp3) is 0.833. The lowest BCUT2D eigenvalue weighted by Crippen LogP contribution is -2.50. The number of nitrogens with two attached hydrogens (primary N) is 1. The average Bonchev–Trinajstić information content (AvgIpc) is 2.72. The first-order valence-electron chi connectivity index (χ1n) is 6.13. The van der Waals surface area contributed by atoms with Gasteiger partial charge in [-0.3, -0.25) is 4.79 Å². The molecule has 1 heterocycles. The molecule has 4 N–H and O–H groups in total. The van der Waals surface area contributed by atoms with Crippen molar-refractivity contribution in [3.05, 3.63) is 0 Å². The second-order valence-electron chi connectivity index (χ2n) is 5.75. The largest absolute Gasteiger partial charge is 0.479 e. The van der Waals surface area contributed by atoms with E-state index in [2.05, 4.69) is 5.32 Å². The van der Waals surface area contributed by atoms with Crippen LogP contribution in [-0.4, -0.2) is 41.8 Å². The number of nitrogens with one attached hydrogen (secondary N) is 1. The van der Waals surface area contributed by atoms with Crippen LogP contribution >= 0.6 is 0 Å². The lowest BCUT2D eigenvalue weighted by atomic mass is 9.87. The SMILES string of the molecule is CC(C)(C)C(N)C(=O)NCC1CCC(C(=O)O)O1. The first kappa shape index (κ1) is 14.9. The van der Waals surface area contributed by atoms with E-state index >= 15 is 0 Å². The number of carbonyl (C=O) groups excluding carboxylic acids is 1. The first-order valence-corrected chi connectivity index (χ1v) is 6.13. The highest BCUT2D eigenvalue weighted by atomic mass is 16.5. The van der Waals surface area contributed by atoms with Crippen LogP contribution in [0.4, 0.5) is 0 Å². The molecule has 1 saturated heterocycles. The fourth-order valence-corrected chi connectivity index (χ4v) is 1.76. The summed E-state index contributed by atoms with van der Waals surface area (Å²) in [6.07, 6.45) is 0.147. The molecule has 0 aliphatic carbocycles. The molecule has 18 heavy (non-hydrogen) atoms. The Bertz CT molecular complexity index is 325. The molecule has 104 valence electrons. The number of ether oxygens (including phenoxy) is 1. The van der Waals surface area contributed by atoms with Crippen LogP contribution in [0.5, 0.6) is 0 Å². The Morgan fingerprint density at radius 2 is 2.06 bits per heavy atom. The average molecular weight is 258 g/mol. The Kier molecular flexibility index (Phi) is 4.70. The zero-order valence-corrected chi connectivity index (χ0v) is 11.1. The number of amides is 1. The minimum Gasteiger partial charge on any atom is -0.479 e. The minimum absolute atomic E-state index is 0.232. The van der Waals surface area contributed by atoms with Gasteiger partial charge < -0.3 is 20.9 Å². The van der Waals surface area contributed by atoms with Gasteiger partial charge in [0.1, 0.15) is 0 Å². The third-order valence-electron chi connectivity index (χ3n) is 3.10. The van der Waals surface area contributed by atoms with Gasteiger partial charge in [-0.2, -0.15) is 0 Å². The molecule has 1 rings (SSSR count). The van der Waals surface area contributed by atoms with Crippen molar-refractivity contribution < 1.29 is 19.4 Å². The molecule has 0 radical (unpaired) electrons. The van der Waals surface area contributed by atoms with Crippen molar-refractivity contribution in [2.24, 2.45) is 11.1 Å². The summed E-state index contributed by atoms with van der Waals surface area (Å²) in [6.45, 7) is 5.99. The van der Waals surface area contributed by atoms with Gasteiger partial charge in [0, 0.05) is 6.54 Å². The van der Waals surface area contributed by atoms with Crippen LogP contribution in [-0.2, 0) is 14.3 Å². The molecule has 3 atom stereocenters. The van der Waals surface area contributed by atoms with Crippen LogP contribution in [0.2, 0.25) is 0 Å². The van der Waals surface area contributed by atoms with Crippen molar-refractivity contribution >= 4 is 11.9 Å². The minimum atomic E-state index is -0.949. The molecular formula is C12H22N2O4. The van der Waals surface area contributed by atoms with Crippen LogP contribution < -0.4 is 11.1 Å². The van der Waals surface area contributed by atoms with Crippen molar-refractivity contribution in [1.29, 1.82) is 0 Å². The molecule has 1 fully saturated rings. The van der Waals surface area contributed by atoms with E-state index in [1.807, 2.05) is 20.8 Å². The third-order valence-corrected chi connectivity index (χ3v) is 3.10. The van der Waals surface area contributed by atoms with E-state index < -0.39 is 18.1 Å². The van der Waals surface area contributed by atoms with E-state index in [-0.39, 0.29) is 17.4 Å². The molecular weight excluding hydrogens is 236 g/mol. The summed E-state index contributed by atoms with van der Waals surface area (Å²) in [5.41, 5.74) is 5.51. The zero-order valence-electron chi connectivity index (χ0n) is 11.1. The molecule has 0 bridgehead atoms. The van der Waals surface area contributed by atoms with Gasteiger partial charge in [-0.15, -0.1) is 0 Å². The van der Waals surface area contributed by atoms with Crippen LogP contribution in [0.3, 0.4) is 0 Å². The molecule has 1 aliphatic rings. The molecule has 0 aromatic heterocycles. The highest BCUT2D eigenvalue weighted by Gasteiger charge is 2.32. The van der Waals surface area contributed by atoms with Gasteiger partial charge in [0.15, 0.2) is 6.10 Å². The second-order valence-corrected chi connectivity index (χ2v) is 5.75. The zero-order chi connectivity index (χ0) is 13.9. The summed E-state index contributed by atoms with van der Waals surface area (Å²) in [6, 6.07) is -0.589. The molecule has 1 aliphatic heterocycles. The molecule has 0 aromatic rings. The van der Waals surface area contributed by atoms with Gasteiger partial charge in [0.2, 0.25) is 5.91 Å². The van der Waals surface area contributed by atoms with Crippen molar-refractivity contribution in [2.75, 3.05) is 6.54 Å². The topological polar surface area (TPSA) is 102 Å². The van der Waals surface area contributed by atoms with Gasteiger partial charge in [0.05, 0.1) is 12.1 Å². The van der Waals surface area contributed by atoms with Crippen molar-refractivity contribution in [2.45, 2.75) is 51.9 Å². The summed E-state index contributed by atoms with van der Waals surface area (Å²) >= 11 is 0. The molecule has 0 aromatic carbocycles. The third kappa shape index (κ3) is 3.96. The number of hydrogen-bond acceptors (Lipinski definition) is 4. The van der Waals surface area contributed by atoms with E-state index in [0.29, 0.717) is 19.4 Å². The maximum absolute atomic E-state index is 11.8. The summed E-state index contributed by atoms with van der Waals surface area (Å²) in [4.78, 5) is 22.4. The van der Waals surface area contributed by atoms with E-state index in [1.165, 1.54) is 0 Å². The Morgan fingerprint density at radius 3 is 2.50 bits per heavy atom. The number of carboxylic acid groups (broad SMARTS) is 1. The summed E-state index contributed by atoms with van der Waals surface area (Å²) < 4.78 is 5.28. The monoisotopic (exact) mass is 258 g/mol. The Labute approximate surface area is 107 Å². The van der Waals surface area contributed by atoms with E-state index in [0.717, 1.165) is 0 Å². The molecule has 0 saturated carbocycles. The quantitative estimate of drug-likeness (QED) is 0.664. The maximum Gasteiger partial charge on any atom is 0.332 e. The van der Waals surface area contributed by atoms with Crippen LogP contribution in [0.15, 0.2) is 0 Å². The highest BCUT2D eigenvalue weighted by Crippen LogP contribution is 2.20. The van der Waals surface area contributed by atoms with E-state index in [9.17, 15) is 9.59 Å². The number of hydrogen-bond donors (Lipinski definition) is 3. The van der Waals surface area contributed by atoms with E-state index in [1.54, 1.807) is 0 Å². The molecule has 6 nitrogen and oxygen atoms in total. The Morgan fingerprint density at radius 1 is 1.44 bits per heavy atom. The smallest absolute Gasteiger partial charge is 0.332 e. The van der Waals surface area contributed by atoms with Crippen LogP contribution in [0.1, 0.15) is 33.6 Å². The molecule has 3 unspecified atom stereocenters. The van der Waals surface area contributed by atoms with Crippen LogP contribution in [0, 0.1) is 5.41 Å². The number of aliphatic carboxylic acids is 1. The molecule has 0 spiro atoms. The lowest BCUT2D eigenvalue weighted by molar-refractivity contribution is -0.149. The number of rotatable bonds is 4. The van der Waals surface area contributed by atoms with Gasteiger partial charge in [0.25, 0.3) is 0 Å². The van der Waals surface area contributed by atoms with Gasteiger partial charge in [-0.1, -0.05) is 20.8 Å². The van der Waals surface area contributed by atoms with Crippen LogP contribution in [0.25, 0.3) is 0 Å². The van der Waals surface area contributed by atoms with Gasteiger partial charge in [-0.25, -0.2) is 4.79 Å². The number of carbonyl (C=O) groups is 2. The molecule has 1 amide bonds.